The summed E-state index contributed by atoms with van der Waals surface area (Å²) < 4.78 is 21.1. The average Bonchev–Trinajstić information content (AvgIpc) is 3.00. The maximum absolute atomic E-state index is 14.4. The van der Waals surface area contributed by atoms with Gasteiger partial charge in [-0.3, -0.25) is 4.68 Å². The van der Waals surface area contributed by atoms with E-state index in [2.05, 4.69) is 20.4 Å². The molecule has 1 saturated carbocycles. The first-order chi connectivity index (χ1) is 12.1. The van der Waals surface area contributed by atoms with Crippen molar-refractivity contribution >= 4 is 16.7 Å². The van der Waals surface area contributed by atoms with E-state index in [4.69, 9.17) is 4.74 Å². The van der Waals surface area contributed by atoms with E-state index >= 15 is 0 Å². The van der Waals surface area contributed by atoms with Crippen molar-refractivity contribution < 1.29 is 14.2 Å². The number of aromatic nitrogens is 4. The van der Waals surface area contributed by atoms with Crippen LogP contribution in [-0.4, -0.2) is 44.1 Å². The van der Waals surface area contributed by atoms with Crippen molar-refractivity contribution in [2.45, 2.75) is 31.5 Å². The van der Waals surface area contributed by atoms with Crippen LogP contribution in [0.5, 0.6) is 5.75 Å². The summed E-state index contributed by atoms with van der Waals surface area (Å²) in [7, 11) is 1.41. The summed E-state index contributed by atoms with van der Waals surface area (Å²) in [5.74, 6) is 0.150. The van der Waals surface area contributed by atoms with Gasteiger partial charge in [-0.2, -0.15) is 5.10 Å². The van der Waals surface area contributed by atoms with Crippen LogP contribution in [0.3, 0.4) is 0 Å². The number of nitrogens with one attached hydrogen (secondary N) is 1. The SMILES string of the molecule is COc1ccc2c(N[C@H]3C[C@@H](O)[C@@H]3n3cc(C)cn3)ncnc2c1F. The Kier molecular flexibility index (Phi) is 3.76. The molecule has 1 aromatic carbocycles. The molecule has 8 heteroatoms. The van der Waals surface area contributed by atoms with E-state index in [1.165, 1.54) is 13.4 Å². The third-order valence-corrected chi connectivity index (χ3v) is 4.59. The summed E-state index contributed by atoms with van der Waals surface area (Å²) in [6, 6.07) is 3.03. The molecule has 130 valence electrons. The number of halogens is 1. The van der Waals surface area contributed by atoms with Crippen molar-refractivity contribution in [3.63, 3.8) is 0 Å². The van der Waals surface area contributed by atoms with Crippen LogP contribution in [0, 0.1) is 12.7 Å². The molecule has 2 N–H and O–H groups in total. The zero-order valence-electron chi connectivity index (χ0n) is 13.8. The molecule has 3 aromatic rings. The predicted octanol–water partition coefficient (Wildman–Crippen LogP) is 2.07. The normalized spacial score (nSPS) is 22.6. The minimum atomic E-state index is -0.515. The van der Waals surface area contributed by atoms with Crippen molar-refractivity contribution in [1.82, 2.24) is 19.7 Å². The largest absolute Gasteiger partial charge is 0.494 e. The van der Waals surface area contributed by atoms with Crippen LogP contribution in [0.15, 0.2) is 30.9 Å². The zero-order valence-corrected chi connectivity index (χ0v) is 13.8. The highest BCUT2D eigenvalue weighted by molar-refractivity contribution is 5.90. The highest BCUT2D eigenvalue weighted by Crippen LogP contribution is 2.36. The Labute approximate surface area is 143 Å². The van der Waals surface area contributed by atoms with Crippen LogP contribution < -0.4 is 10.1 Å². The molecule has 3 atom stereocenters. The van der Waals surface area contributed by atoms with E-state index in [1.807, 2.05) is 13.1 Å². The number of benzene rings is 1. The first kappa shape index (κ1) is 15.8. The van der Waals surface area contributed by atoms with E-state index in [9.17, 15) is 9.50 Å². The van der Waals surface area contributed by atoms with E-state index < -0.39 is 11.9 Å². The van der Waals surface area contributed by atoms with Crippen LogP contribution in [0.25, 0.3) is 10.9 Å². The molecule has 1 fully saturated rings. The molecule has 0 amide bonds. The summed E-state index contributed by atoms with van der Waals surface area (Å²) >= 11 is 0. The molecule has 0 aliphatic heterocycles. The maximum Gasteiger partial charge on any atom is 0.191 e. The summed E-state index contributed by atoms with van der Waals surface area (Å²) in [5, 5.41) is 18.3. The van der Waals surface area contributed by atoms with Gasteiger partial charge in [-0.25, -0.2) is 14.4 Å². The van der Waals surface area contributed by atoms with Crippen LogP contribution >= 0.6 is 0 Å². The van der Waals surface area contributed by atoms with Crippen molar-refractivity contribution in [2.24, 2.45) is 0 Å². The number of fused-ring (bicyclic) bond motifs is 1. The lowest BCUT2D eigenvalue weighted by Crippen LogP contribution is -2.51. The Morgan fingerprint density at radius 1 is 1.36 bits per heavy atom. The van der Waals surface area contributed by atoms with Crippen LogP contribution in [-0.2, 0) is 0 Å². The third kappa shape index (κ3) is 2.58. The second kappa shape index (κ2) is 5.96. The molecule has 0 unspecified atom stereocenters. The summed E-state index contributed by atoms with van der Waals surface area (Å²) in [4.78, 5) is 8.27. The molecule has 2 aromatic heterocycles. The summed E-state index contributed by atoms with van der Waals surface area (Å²) in [6.45, 7) is 1.95. The molecule has 0 saturated heterocycles. The topological polar surface area (TPSA) is 85.1 Å². The van der Waals surface area contributed by atoms with Crippen molar-refractivity contribution in [2.75, 3.05) is 12.4 Å². The number of aliphatic hydroxyl groups excluding tert-OH is 1. The number of anilines is 1. The standard InChI is InChI=1S/C17H18FN5O2/c1-9-6-21-23(7-9)16-11(5-12(16)24)22-17-10-3-4-13(25-2)14(18)15(10)19-8-20-17/h3-4,6-8,11-12,16,24H,5H2,1-2H3,(H,19,20,22)/t11-,12+,16+/m0/s1. The minimum absolute atomic E-state index is 0.0578. The highest BCUT2D eigenvalue weighted by Gasteiger charge is 2.42. The van der Waals surface area contributed by atoms with Gasteiger partial charge in [-0.1, -0.05) is 0 Å². The van der Waals surface area contributed by atoms with Crippen LogP contribution in [0.4, 0.5) is 10.2 Å². The number of hydrogen-bond donors (Lipinski definition) is 2. The lowest BCUT2D eigenvalue weighted by atomic mass is 9.83. The van der Waals surface area contributed by atoms with Crippen molar-refractivity contribution in [1.29, 1.82) is 0 Å². The molecule has 2 heterocycles. The Balaban J connectivity index is 1.66. The molecule has 7 nitrogen and oxygen atoms in total. The molecule has 1 aliphatic carbocycles. The lowest BCUT2D eigenvalue weighted by molar-refractivity contribution is 0.0133. The molecule has 0 bridgehead atoms. The van der Waals surface area contributed by atoms with E-state index in [-0.39, 0.29) is 23.3 Å². The summed E-state index contributed by atoms with van der Waals surface area (Å²) in [6.07, 6.45) is 5.04. The fourth-order valence-corrected chi connectivity index (χ4v) is 3.24. The Bertz CT molecular complexity index is 929. The van der Waals surface area contributed by atoms with Crippen molar-refractivity contribution in [3.05, 3.63) is 42.2 Å². The number of rotatable bonds is 4. The molecule has 4 rings (SSSR count). The third-order valence-electron chi connectivity index (χ3n) is 4.59. The van der Waals surface area contributed by atoms with Gasteiger partial charge in [0.05, 0.1) is 31.5 Å². The fraction of sp³-hybridized carbons (Fsp3) is 0.353. The van der Waals surface area contributed by atoms with Gasteiger partial charge in [0.15, 0.2) is 11.6 Å². The monoisotopic (exact) mass is 343 g/mol. The fourth-order valence-electron chi connectivity index (χ4n) is 3.24. The molecular weight excluding hydrogens is 325 g/mol. The second-order valence-corrected chi connectivity index (χ2v) is 6.24. The Morgan fingerprint density at radius 3 is 2.88 bits per heavy atom. The van der Waals surface area contributed by atoms with Gasteiger partial charge in [0.1, 0.15) is 17.7 Å². The van der Waals surface area contributed by atoms with Gasteiger partial charge in [0, 0.05) is 11.6 Å². The smallest absolute Gasteiger partial charge is 0.191 e. The first-order valence-corrected chi connectivity index (χ1v) is 8.01. The van der Waals surface area contributed by atoms with Crippen molar-refractivity contribution in [3.8, 4) is 5.75 Å². The number of hydrogen-bond acceptors (Lipinski definition) is 6. The van der Waals surface area contributed by atoms with Gasteiger partial charge in [0.2, 0.25) is 0 Å². The van der Waals surface area contributed by atoms with Crippen LogP contribution in [0.1, 0.15) is 18.0 Å². The maximum atomic E-state index is 14.4. The van der Waals surface area contributed by atoms with Gasteiger partial charge in [0.25, 0.3) is 0 Å². The predicted molar refractivity (Wildman–Crippen MR) is 90.1 cm³/mol. The van der Waals surface area contributed by atoms with Gasteiger partial charge >= 0.3 is 0 Å². The minimum Gasteiger partial charge on any atom is -0.494 e. The number of aryl methyl sites for hydroxylation is 1. The number of nitrogens with zero attached hydrogens (tertiary/aromatic N) is 4. The van der Waals surface area contributed by atoms with E-state index in [0.717, 1.165) is 5.56 Å². The summed E-state index contributed by atoms with van der Waals surface area (Å²) in [5.41, 5.74) is 1.22. The molecule has 0 spiro atoms. The first-order valence-electron chi connectivity index (χ1n) is 8.01. The lowest BCUT2D eigenvalue weighted by Gasteiger charge is -2.42. The van der Waals surface area contributed by atoms with Crippen LogP contribution in [0.2, 0.25) is 0 Å². The van der Waals surface area contributed by atoms with Gasteiger partial charge in [-0.15, -0.1) is 0 Å². The number of aliphatic hydroxyl groups is 1. The molecular formula is C17H18FN5O2. The molecule has 0 radical (unpaired) electrons. The van der Waals surface area contributed by atoms with E-state index in [1.54, 1.807) is 23.0 Å². The number of methoxy groups -OCH3 is 1. The van der Waals surface area contributed by atoms with Gasteiger partial charge in [-0.05, 0) is 31.0 Å². The zero-order chi connectivity index (χ0) is 17.6. The Hall–Kier alpha value is -2.74. The van der Waals surface area contributed by atoms with E-state index in [0.29, 0.717) is 17.6 Å². The average molecular weight is 343 g/mol. The molecule has 25 heavy (non-hydrogen) atoms. The Morgan fingerprint density at radius 2 is 2.20 bits per heavy atom. The second-order valence-electron chi connectivity index (χ2n) is 6.24. The van der Waals surface area contributed by atoms with Gasteiger partial charge < -0.3 is 15.2 Å². The molecule has 1 aliphatic rings. The quantitative estimate of drug-likeness (QED) is 0.754. The highest BCUT2D eigenvalue weighted by atomic mass is 19.1. The number of ether oxygens (including phenoxy) is 1.